The van der Waals surface area contributed by atoms with Crippen LogP contribution in [0, 0.1) is 28.7 Å². The van der Waals surface area contributed by atoms with Crippen molar-refractivity contribution in [1.29, 1.82) is 0 Å². The first-order valence-electron chi connectivity index (χ1n) is 8.86. The lowest BCUT2D eigenvalue weighted by Gasteiger charge is -2.36. The summed E-state index contributed by atoms with van der Waals surface area (Å²) in [6, 6.07) is 3.17. The highest BCUT2D eigenvalue weighted by molar-refractivity contribution is 7.89. The maximum absolute atomic E-state index is 12.6. The molecule has 1 heterocycles. The van der Waals surface area contributed by atoms with Crippen molar-refractivity contribution in [3.63, 3.8) is 0 Å². The Kier molecular flexibility index (Phi) is 4.00. The standard InChI is InChI=1S/C18H29NO2S/c1-4-5-6-7-8-9-12-19-16-13-15-10-11-18(16,17(15,2)3)14-22(19,20)21/h15-16H,4-8,10-11,13-14H2,1-3H3. The van der Waals surface area contributed by atoms with Gasteiger partial charge in [-0.3, -0.25) is 0 Å². The SMILES string of the molecule is CCCCCCC#CN1C2CC3CCC2(CS1(=O)=O)C3(C)C. The number of hydrogen-bond donors (Lipinski definition) is 0. The first kappa shape index (κ1) is 16.2. The number of nitrogens with zero attached hydrogens (tertiary/aromatic N) is 1. The van der Waals surface area contributed by atoms with Gasteiger partial charge in [-0.15, -0.1) is 0 Å². The van der Waals surface area contributed by atoms with Gasteiger partial charge >= 0.3 is 0 Å². The fraction of sp³-hybridized carbons (Fsp3) is 0.889. The van der Waals surface area contributed by atoms with E-state index in [-0.39, 0.29) is 16.9 Å². The number of fused-ring (bicyclic) bond motifs is 1. The van der Waals surface area contributed by atoms with Gasteiger partial charge in [-0.2, -0.15) is 0 Å². The van der Waals surface area contributed by atoms with Gasteiger partial charge in [0.25, 0.3) is 0 Å². The average Bonchev–Trinajstić information content (AvgIpc) is 2.91. The van der Waals surface area contributed by atoms with Gasteiger partial charge < -0.3 is 0 Å². The van der Waals surface area contributed by atoms with Crippen LogP contribution < -0.4 is 0 Å². The van der Waals surface area contributed by atoms with E-state index in [4.69, 9.17) is 0 Å². The topological polar surface area (TPSA) is 37.4 Å². The summed E-state index contributed by atoms with van der Waals surface area (Å²) in [5.74, 6) is 4.12. The van der Waals surface area contributed by atoms with Crippen molar-refractivity contribution < 1.29 is 8.42 Å². The van der Waals surface area contributed by atoms with Crippen LogP contribution in [0.5, 0.6) is 0 Å². The zero-order chi connectivity index (χ0) is 16.0. The van der Waals surface area contributed by atoms with E-state index in [1.807, 2.05) is 0 Å². The Morgan fingerprint density at radius 2 is 2.00 bits per heavy atom. The van der Waals surface area contributed by atoms with Crippen molar-refractivity contribution in [1.82, 2.24) is 4.31 Å². The molecule has 2 saturated carbocycles. The second kappa shape index (κ2) is 5.44. The van der Waals surface area contributed by atoms with Crippen LogP contribution in [0.15, 0.2) is 0 Å². The average molecular weight is 324 g/mol. The normalized spacial score (nSPS) is 37.0. The van der Waals surface area contributed by atoms with Crippen LogP contribution in [0.2, 0.25) is 0 Å². The highest BCUT2D eigenvalue weighted by Crippen LogP contribution is 2.69. The molecule has 2 bridgehead atoms. The molecule has 3 fully saturated rings. The van der Waals surface area contributed by atoms with Gasteiger partial charge in [-0.25, -0.2) is 12.7 Å². The number of unbranched alkanes of at least 4 members (excludes halogenated alkanes) is 4. The van der Waals surface area contributed by atoms with Crippen molar-refractivity contribution in [2.45, 2.75) is 78.2 Å². The quantitative estimate of drug-likeness (QED) is 0.583. The van der Waals surface area contributed by atoms with E-state index in [1.165, 1.54) is 25.7 Å². The smallest absolute Gasteiger partial charge is 0.225 e. The highest BCUT2D eigenvalue weighted by atomic mass is 32.2. The Morgan fingerprint density at radius 1 is 1.23 bits per heavy atom. The lowest BCUT2D eigenvalue weighted by atomic mass is 9.69. The number of rotatable bonds is 4. The molecule has 124 valence electrons. The van der Waals surface area contributed by atoms with E-state index in [2.05, 4.69) is 32.7 Å². The Hall–Kier alpha value is -0.690. The summed E-state index contributed by atoms with van der Waals surface area (Å²) < 4.78 is 26.8. The Labute approximate surface area is 135 Å². The van der Waals surface area contributed by atoms with Crippen molar-refractivity contribution in [3.05, 3.63) is 0 Å². The van der Waals surface area contributed by atoms with E-state index in [9.17, 15) is 8.42 Å². The minimum absolute atomic E-state index is 0.0482. The number of hydrogen-bond acceptors (Lipinski definition) is 2. The van der Waals surface area contributed by atoms with Gasteiger partial charge in [-0.1, -0.05) is 46.0 Å². The molecule has 1 spiro atoms. The molecule has 0 aromatic carbocycles. The van der Waals surface area contributed by atoms with Crippen LogP contribution in [-0.4, -0.2) is 24.5 Å². The van der Waals surface area contributed by atoms with Crippen LogP contribution >= 0.6 is 0 Å². The molecule has 22 heavy (non-hydrogen) atoms. The third-order valence-corrected chi connectivity index (χ3v) is 8.58. The predicted molar refractivity (Wildman–Crippen MR) is 89.5 cm³/mol. The van der Waals surface area contributed by atoms with E-state index in [0.717, 1.165) is 25.7 Å². The first-order valence-corrected chi connectivity index (χ1v) is 10.5. The summed E-state index contributed by atoms with van der Waals surface area (Å²) in [7, 11) is -3.20. The molecule has 3 atom stereocenters. The molecule has 1 saturated heterocycles. The third kappa shape index (κ3) is 2.19. The fourth-order valence-electron chi connectivity index (χ4n) is 5.21. The summed E-state index contributed by atoms with van der Waals surface area (Å²) in [6.45, 7) is 6.75. The maximum Gasteiger partial charge on any atom is 0.242 e. The summed E-state index contributed by atoms with van der Waals surface area (Å²) in [5.41, 5.74) is 0.0929. The molecule has 3 nitrogen and oxygen atoms in total. The largest absolute Gasteiger partial charge is 0.242 e. The molecule has 3 aliphatic rings. The van der Waals surface area contributed by atoms with Crippen molar-refractivity contribution in [2.24, 2.45) is 16.7 Å². The van der Waals surface area contributed by atoms with E-state index < -0.39 is 10.0 Å². The van der Waals surface area contributed by atoms with E-state index >= 15 is 0 Å². The van der Waals surface area contributed by atoms with Gasteiger partial charge in [0.15, 0.2) is 0 Å². The molecule has 0 amide bonds. The maximum atomic E-state index is 12.6. The Morgan fingerprint density at radius 3 is 2.68 bits per heavy atom. The summed E-state index contributed by atoms with van der Waals surface area (Å²) in [5, 5.41) is 0. The van der Waals surface area contributed by atoms with Gasteiger partial charge in [-0.05, 0) is 37.0 Å². The van der Waals surface area contributed by atoms with Crippen LogP contribution in [0.25, 0.3) is 0 Å². The van der Waals surface area contributed by atoms with Crippen molar-refractivity contribution in [2.75, 3.05) is 5.75 Å². The Bertz CT molecular complexity index is 598. The molecule has 0 radical (unpaired) electrons. The lowest BCUT2D eigenvalue weighted by molar-refractivity contribution is 0.128. The molecule has 3 unspecified atom stereocenters. The zero-order valence-corrected chi connectivity index (χ0v) is 15.0. The van der Waals surface area contributed by atoms with Crippen LogP contribution in [0.3, 0.4) is 0 Å². The minimum Gasteiger partial charge on any atom is -0.225 e. The van der Waals surface area contributed by atoms with Crippen molar-refractivity contribution >= 4 is 10.0 Å². The molecular formula is C18H29NO2S. The van der Waals surface area contributed by atoms with Gasteiger partial charge in [0.1, 0.15) is 0 Å². The minimum atomic E-state index is -3.20. The molecule has 4 heteroatoms. The molecule has 2 aliphatic carbocycles. The zero-order valence-electron chi connectivity index (χ0n) is 14.2. The lowest BCUT2D eigenvalue weighted by Crippen LogP contribution is -2.40. The van der Waals surface area contributed by atoms with Gasteiger partial charge in [0.2, 0.25) is 10.0 Å². The van der Waals surface area contributed by atoms with Crippen molar-refractivity contribution in [3.8, 4) is 12.0 Å². The van der Waals surface area contributed by atoms with E-state index in [0.29, 0.717) is 11.7 Å². The van der Waals surface area contributed by atoms with Gasteiger partial charge in [0, 0.05) is 17.9 Å². The first-order chi connectivity index (χ1) is 10.4. The monoisotopic (exact) mass is 323 g/mol. The second-order valence-corrected chi connectivity index (χ2v) is 9.86. The molecule has 0 aromatic rings. The third-order valence-electron chi connectivity index (χ3n) is 6.76. The van der Waals surface area contributed by atoms with Crippen LogP contribution in [-0.2, 0) is 10.0 Å². The summed E-state index contributed by atoms with van der Waals surface area (Å²) in [4.78, 5) is 0. The number of sulfonamides is 1. The fourth-order valence-corrected chi connectivity index (χ4v) is 7.59. The molecule has 0 N–H and O–H groups in total. The van der Waals surface area contributed by atoms with Crippen LogP contribution in [0.4, 0.5) is 0 Å². The predicted octanol–water partition coefficient (Wildman–Crippen LogP) is 3.76. The molecular weight excluding hydrogens is 294 g/mol. The van der Waals surface area contributed by atoms with Gasteiger partial charge in [0.05, 0.1) is 11.8 Å². The molecule has 1 aliphatic heterocycles. The molecule has 0 aromatic heterocycles. The summed E-state index contributed by atoms with van der Waals surface area (Å²) >= 11 is 0. The summed E-state index contributed by atoms with van der Waals surface area (Å²) in [6.07, 6.45) is 8.81. The van der Waals surface area contributed by atoms with Crippen LogP contribution in [0.1, 0.15) is 72.1 Å². The Balaban J connectivity index is 1.75. The van der Waals surface area contributed by atoms with E-state index in [1.54, 1.807) is 4.31 Å². The molecule has 3 rings (SSSR count). The second-order valence-electron chi connectivity index (χ2n) is 8.02. The highest BCUT2D eigenvalue weighted by Gasteiger charge is 2.71.